The minimum Gasteiger partial charge on any atom is -0.507 e. The van der Waals surface area contributed by atoms with Gasteiger partial charge in [-0.2, -0.15) is 0 Å². The first-order valence-corrected chi connectivity index (χ1v) is 18.2. The van der Waals surface area contributed by atoms with Gasteiger partial charge in [-0.25, -0.2) is 4.79 Å². The molecule has 5 atom stereocenters. The number of benzene rings is 2. The summed E-state index contributed by atoms with van der Waals surface area (Å²) in [7, 11) is 2.66. The molecule has 17 nitrogen and oxygen atoms in total. The van der Waals surface area contributed by atoms with Crippen LogP contribution in [0.5, 0.6) is 11.5 Å². The zero-order chi connectivity index (χ0) is 41.0. The molecular formula is C38H52N6O11. The number of carbonyl (C=O) groups is 7. The van der Waals surface area contributed by atoms with Crippen molar-refractivity contribution in [3.05, 3.63) is 47.5 Å². The summed E-state index contributed by atoms with van der Waals surface area (Å²) in [6, 6.07) is 1.61. The van der Waals surface area contributed by atoms with E-state index in [2.05, 4.69) is 28.2 Å². The Morgan fingerprint density at radius 3 is 2.15 bits per heavy atom. The first-order chi connectivity index (χ1) is 26.0. The third-order valence-electron chi connectivity index (χ3n) is 9.52. The molecule has 55 heavy (non-hydrogen) atoms. The summed E-state index contributed by atoms with van der Waals surface area (Å²) < 4.78 is 0. The standard InChI is InChI=1S/C38H52N6O11/c1-6-7-8-9-10-11-31(48)43(4)28(20-45)36(52)40-21(2)34(50)39-19-32(49)44(5)33-24-13-15-30(47)26(18-24)25-16-23(12-14-29(25)46)17-27(38(54)55)42-35(51)22(3)41-37(33)53/h12-16,18,21-22,27-28,33,45-47H,6-11,17,19-20H2,1-5H3,(H,39,50)(H,40,52)(H,41,53)(H,42,51)(H,54,55)/t21-,22+,27+,28-,33+/m1/s1. The van der Waals surface area contributed by atoms with E-state index < -0.39 is 78.9 Å². The summed E-state index contributed by atoms with van der Waals surface area (Å²) in [5, 5.41) is 50.9. The fourth-order valence-electron chi connectivity index (χ4n) is 6.08. The number of nitrogens with one attached hydrogen (secondary N) is 4. The molecule has 300 valence electrons. The van der Waals surface area contributed by atoms with Crippen molar-refractivity contribution in [1.82, 2.24) is 31.1 Å². The summed E-state index contributed by atoms with van der Waals surface area (Å²) >= 11 is 0. The zero-order valence-corrected chi connectivity index (χ0v) is 31.8. The van der Waals surface area contributed by atoms with Crippen molar-refractivity contribution in [2.75, 3.05) is 27.2 Å². The molecule has 0 saturated carbocycles. The number of likely N-dealkylation sites (N-methyl/N-ethyl adjacent to an activating group) is 2. The highest BCUT2D eigenvalue weighted by molar-refractivity contribution is 5.96. The number of aliphatic carboxylic acids is 1. The molecule has 1 heterocycles. The van der Waals surface area contributed by atoms with Gasteiger partial charge in [0.15, 0.2) is 0 Å². The maximum Gasteiger partial charge on any atom is 0.326 e. The van der Waals surface area contributed by atoms with Crippen molar-refractivity contribution >= 4 is 41.4 Å². The fraction of sp³-hybridized carbons (Fsp3) is 0.500. The van der Waals surface area contributed by atoms with E-state index in [0.717, 1.165) is 35.5 Å². The van der Waals surface area contributed by atoms with Crippen molar-refractivity contribution in [3.8, 4) is 22.6 Å². The number of nitrogens with zero attached hydrogens (tertiary/aromatic N) is 2. The number of aromatic hydroxyl groups is 2. The fourth-order valence-corrected chi connectivity index (χ4v) is 6.08. The third kappa shape index (κ3) is 11.6. The molecule has 0 saturated heterocycles. The van der Waals surface area contributed by atoms with Gasteiger partial charge in [-0.15, -0.1) is 0 Å². The largest absolute Gasteiger partial charge is 0.507 e. The van der Waals surface area contributed by atoms with Gasteiger partial charge < -0.3 is 51.5 Å². The van der Waals surface area contributed by atoms with Crippen molar-refractivity contribution < 1.29 is 54.0 Å². The van der Waals surface area contributed by atoms with E-state index in [1.807, 2.05) is 0 Å². The minimum absolute atomic E-state index is 0.0647. The number of phenolic OH excluding ortho intramolecular Hbond substituents is 2. The van der Waals surface area contributed by atoms with Gasteiger partial charge in [0.25, 0.3) is 0 Å². The number of unbranched alkanes of at least 4 members (excludes halogenated alkanes) is 4. The van der Waals surface area contributed by atoms with Crippen LogP contribution in [0, 0.1) is 0 Å². The molecule has 6 amide bonds. The summed E-state index contributed by atoms with van der Waals surface area (Å²) in [6.45, 7) is 3.42. The van der Waals surface area contributed by atoms with Crippen LogP contribution in [0.2, 0.25) is 0 Å². The summed E-state index contributed by atoms with van der Waals surface area (Å²) in [5.74, 6) is -6.28. The number of carboxylic acids is 1. The Labute approximate surface area is 319 Å². The molecule has 1 aliphatic rings. The van der Waals surface area contributed by atoms with Crippen LogP contribution in [0.4, 0.5) is 0 Å². The number of phenols is 2. The normalized spacial score (nSPS) is 18.0. The predicted molar refractivity (Wildman–Crippen MR) is 199 cm³/mol. The molecule has 4 bridgehead atoms. The van der Waals surface area contributed by atoms with E-state index in [1.165, 1.54) is 64.3 Å². The number of aliphatic hydroxyl groups excluding tert-OH is 1. The molecule has 0 aliphatic carbocycles. The molecule has 8 N–H and O–H groups in total. The number of rotatable bonds is 15. The lowest BCUT2D eigenvalue weighted by Crippen LogP contribution is -2.55. The molecule has 0 spiro atoms. The second kappa shape index (κ2) is 20.1. The highest BCUT2D eigenvalue weighted by Gasteiger charge is 2.34. The van der Waals surface area contributed by atoms with E-state index >= 15 is 0 Å². The van der Waals surface area contributed by atoms with E-state index in [4.69, 9.17) is 0 Å². The van der Waals surface area contributed by atoms with E-state index in [1.54, 1.807) is 0 Å². The van der Waals surface area contributed by atoms with Gasteiger partial charge in [-0.1, -0.05) is 44.7 Å². The lowest BCUT2D eigenvalue weighted by molar-refractivity contribution is -0.143. The third-order valence-corrected chi connectivity index (χ3v) is 9.52. The van der Waals surface area contributed by atoms with Crippen molar-refractivity contribution in [1.29, 1.82) is 0 Å². The van der Waals surface area contributed by atoms with Crippen molar-refractivity contribution in [3.63, 3.8) is 0 Å². The van der Waals surface area contributed by atoms with Gasteiger partial charge >= 0.3 is 5.97 Å². The van der Waals surface area contributed by atoms with Gasteiger partial charge in [-0.05, 0) is 55.7 Å². The van der Waals surface area contributed by atoms with E-state index in [-0.39, 0.29) is 46.9 Å². The maximum absolute atomic E-state index is 13.8. The number of aliphatic hydroxyl groups is 1. The Bertz CT molecular complexity index is 1750. The highest BCUT2D eigenvalue weighted by atomic mass is 16.4. The van der Waals surface area contributed by atoms with Gasteiger partial charge in [0.2, 0.25) is 35.4 Å². The Morgan fingerprint density at radius 2 is 1.51 bits per heavy atom. The van der Waals surface area contributed by atoms with Crippen LogP contribution in [0.15, 0.2) is 36.4 Å². The number of hydrogen-bond acceptors (Lipinski definition) is 10. The Hall–Kier alpha value is -5.71. The SMILES string of the molecule is CCCCCCCC(=O)N(C)[C@H](CO)C(=O)N[C@H](C)C(=O)NCC(=O)N(C)[C@@H]1C(=O)N[C@@H](C)C(=O)N[C@H](C(=O)O)Cc2ccc(O)c(c2)-c2cc1ccc2O. The van der Waals surface area contributed by atoms with Crippen LogP contribution in [-0.2, 0) is 40.0 Å². The zero-order valence-electron chi connectivity index (χ0n) is 31.8. The first kappa shape index (κ1) is 43.7. The van der Waals surface area contributed by atoms with Crippen LogP contribution >= 0.6 is 0 Å². The molecule has 0 fully saturated rings. The lowest BCUT2D eigenvalue weighted by Gasteiger charge is -2.30. The molecule has 0 radical (unpaired) electrons. The lowest BCUT2D eigenvalue weighted by atomic mass is 9.94. The molecule has 17 heteroatoms. The molecule has 3 rings (SSSR count). The molecule has 1 aliphatic heterocycles. The van der Waals surface area contributed by atoms with Crippen LogP contribution in [0.1, 0.15) is 76.5 Å². The van der Waals surface area contributed by atoms with Crippen molar-refractivity contribution in [2.45, 2.75) is 95.9 Å². The average molecular weight is 769 g/mol. The molecular weight excluding hydrogens is 716 g/mol. The van der Waals surface area contributed by atoms with Gasteiger partial charge in [0.05, 0.1) is 13.2 Å². The van der Waals surface area contributed by atoms with Gasteiger partial charge in [0, 0.05) is 38.1 Å². The Kier molecular flexibility index (Phi) is 16.0. The van der Waals surface area contributed by atoms with Crippen LogP contribution in [0.3, 0.4) is 0 Å². The Balaban J connectivity index is 1.79. The average Bonchev–Trinajstić information content (AvgIpc) is 3.14. The maximum atomic E-state index is 13.8. The summed E-state index contributed by atoms with van der Waals surface area (Å²) in [6.07, 6.45) is 4.62. The predicted octanol–water partition coefficient (Wildman–Crippen LogP) is 0.695. The number of carboxylic acid groups (broad SMARTS) is 1. The number of fused-ring (bicyclic) bond motifs is 5. The van der Waals surface area contributed by atoms with Crippen LogP contribution < -0.4 is 21.3 Å². The first-order valence-electron chi connectivity index (χ1n) is 18.2. The summed E-state index contributed by atoms with van der Waals surface area (Å²) in [4.78, 5) is 93.1. The quantitative estimate of drug-likeness (QED) is 0.117. The molecule has 2 aromatic rings. The molecule has 0 unspecified atom stereocenters. The monoisotopic (exact) mass is 768 g/mol. The minimum atomic E-state index is -1.47. The van der Waals surface area contributed by atoms with Crippen molar-refractivity contribution in [2.24, 2.45) is 0 Å². The number of carbonyl (C=O) groups excluding carboxylic acids is 6. The highest BCUT2D eigenvalue weighted by Crippen LogP contribution is 2.38. The Morgan fingerprint density at radius 1 is 0.873 bits per heavy atom. The van der Waals surface area contributed by atoms with Crippen LogP contribution in [-0.4, -0.2) is 123 Å². The second-order valence-electron chi connectivity index (χ2n) is 13.7. The van der Waals surface area contributed by atoms with E-state index in [9.17, 15) is 54.0 Å². The number of amides is 6. The van der Waals surface area contributed by atoms with Gasteiger partial charge in [0.1, 0.15) is 41.7 Å². The number of hydrogen-bond donors (Lipinski definition) is 8. The topological polar surface area (TPSA) is 255 Å². The second-order valence-corrected chi connectivity index (χ2v) is 13.7. The smallest absolute Gasteiger partial charge is 0.326 e. The molecule has 2 aromatic carbocycles. The van der Waals surface area contributed by atoms with Crippen LogP contribution in [0.25, 0.3) is 11.1 Å². The van der Waals surface area contributed by atoms with Gasteiger partial charge in [-0.3, -0.25) is 28.8 Å². The summed E-state index contributed by atoms with van der Waals surface area (Å²) in [5.41, 5.74) is 0.718. The van der Waals surface area contributed by atoms with E-state index in [0.29, 0.717) is 12.0 Å². The molecule has 0 aromatic heterocycles.